The van der Waals surface area contributed by atoms with E-state index in [2.05, 4.69) is 15.9 Å². The van der Waals surface area contributed by atoms with Crippen molar-refractivity contribution in [2.75, 3.05) is 5.73 Å². The zero-order valence-electron chi connectivity index (χ0n) is 9.90. The summed E-state index contributed by atoms with van der Waals surface area (Å²) in [5.41, 5.74) is 8.12. The lowest BCUT2D eigenvalue weighted by molar-refractivity contribution is 0.0983. The lowest BCUT2D eigenvalue weighted by atomic mass is 10.0. The van der Waals surface area contributed by atoms with Crippen LogP contribution in [0, 0.1) is 0 Å². The van der Waals surface area contributed by atoms with Gasteiger partial charge in [0.2, 0.25) is 0 Å². The maximum atomic E-state index is 12.1. The fourth-order valence-corrected chi connectivity index (χ4v) is 2.17. The van der Waals surface area contributed by atoms with Gasteiger partial charge in [0.25, 0.3) is 0 Å². The molecule has 0 radical (unpaired) electrons. The topological polar surface area (TPSA) is 43.1 Å². The number of hydrogen-bond acceptors (Lipinski definition) is 2. The number of nitrogen functional groups attached to an aromatic ring is 1. The quantitative estimate of drug-likeness (QED) is 0.689. The number of hydrogen-bond donors (Lipinski definition) is 1. The average Bonchev–Trinajstić information content (AvgIpc) is 2.40. The van der Waals surface area contributed by atoms with Crippen LogP contribution in [0.25, 0.3) is 0 Å². The first-order valence-corrected chi connectivity index (χ1v) is 6.58. The van der Waals surface area contributed by atoms with Crippen molar-refractivity contribution in [3.05, 3.63) is 64.1 Å². The third kappa shape index (κ3) is 3.20. The highest BCUT2D eigenvalue weighted by Crippen LogP contribution is 2.20. The van der Waals surface area contributed by atoms with Crippen molar-refractivity contribution in [1.82, 2.24) is 0 Å². The molecule has 92 valence electrons. The van der Waals surface area contributed by atoms with Crippen molar-refractivity contribution in [1.29, 1.82) is 0 Å². The zero-order valence-corrected chi connectivity index (χ0v) is 11.5. The number of rotatable bonds is 4. The molecule has 0 spiro atoms. The Morgan fingerprint density at radius 1 is 1.11 bits per heavy atom. The highest BCUT2D eigenvalue weighted by atomic mass is 79.9. The maximum absolute atomic E-state index is 12.1. The molecule has 0 fully saturated rings. The van der Waals surface area contributed by atoms with Crippen molar-refractivity contribution in [2.45, 2.75) is 12.8 Å². The van der Waals surface area contributed by atoms with Crippen molar-refractivity contribution in [2.24, 2.45) is 0 Å². The molecule has 0 aromatic heterocycles. The molecule has 0 atom stereocenters. The van der Waals surface area contributed by atoms with Gasteiger partial charge in [-0.1, -0.05) is 46.3 Å². The minimum atomic E-state index is 0.0812. The number of Topliss-reactive ketones (excluding diaryl/α,β-unsaturated/α-hetero) is 1. The van der Waals surface area contributed by atoms with Gasteiger partial charge in [0, 0.05) is 22.1 Å². The Hall–Kier alpha value is -1.61. The molecule has 2 nitrogen and oxygen atoms in total. The number of nitrogens with two attached hydrogens (primary N) is 1. The van der Waals surface area contributed by atoms with E-state index >= 15 is 0 Å². The van der Waals surface area contributed by atoms with Crippen LogP contribution in [-0.4, -0.2) is 5.78 Å². The van der Waals surface area contributed by atoms with E-state index in [1.807, 2.05) is 36.4 Å². The average molecular weight is 304 g/mol. The van der Waals surface area contributed by atoms with Gasteiger partial charge in [-0.15, -0.1) is 0 Å². The summed E-state index contributed by atoms with van der Waals surface area (Å²) in [6.07, 6.45) is 1.22. The molecular weight excluding hydrogens is 290 g/mol. The second-order valence-corrected chi connectivity index (χ2v) is 5.06. The second kappa shape index (κ2) is 5.83. The molecule has 2 N–H and O–H groups in total. The molecule has 0 saturated heterocycles. The molecule has 18 heavy (non-hydrogen) atoms. The van der Waals surface area contributed by atoms with Gasteiger partial charge >= 0.3 is 0 Å². The van der Waals surface area contributed by atoms with Gasteiger partial charge in [0.05, 0.1) is 0 Å². The Bertz CT molecular complexity index is 552. The number of carbonyl (C=O) groups excluding carboxylic acids is 1. The molecule has 0 aliphatic carbocycles. The summed E-state index contributed by atoms with van der Waals surface area (Å²) in [5, 5.41) is 0. The van der Waals surface area contributed by atoms with Crippen LogP contribution in [0.3, 0.4) is 0 Å². The van der Waals surface area contributed by atoms with Crippen LogP contribution < -0.4 is 5.73 Å². The standard InChI is InChI=1S/C15H14BrNO/c16-12-7-8-14(17)13(10-12)15(18)9-6-11-4-2-1-3-5-11/h1-5,7-8,10H,6,9,17H2. The van der Waals surface area contributed by atoms with Gasteiger partial charge in [0.1, 0.15) is 0 Å². The van der Waals surface area contributed by atoms with E-state index in [-0.39, 0.29) is 5.78 Å². The molecule has 0 heterocycles. The minimum Gasteiger partial charge on any atom is -0.398 e. The van der Waals surface area contributed by atoms with E-state index in [0.29, 0.717) is 17.7 Å². The summed E-state index contributed by atoms with van der Waals surface area (Å²) in [6.45, 7) is 0. The first-order valence-electron chi connectivity index (χ1n) is 5.79. The smallest absolute Gasteiger partial charge is 0.165 e. The molecule has 0 bridgehead atoms. The lowest BCUT2D eigenvalue weighted by Gasteiger charge is -2.05. The third-order valence-electron chi connectivity index (χ3n) is 2.80. The predicted octanol–water partition coefficient (Wildman–Crippen LogP) is 3.85. The number of benzene rings is 2. The molecule has 2 rings (SSSR count). The van der Waals surface area contributed by atoms with Crippen LogP contribution in [0.5, 0.6) is 0 Å². The Morgan fingerprint density at radius 2 is 1.83 bits per heavy atom. The first kappa shape index (κ1) is 12.8. The van der Waals surface area contributed by atoms with Gasteiger partial charge < -0.3 is 5.73 Å². The van der Waals surface area contributed by atoms with E-state index in [4.69, 9.17) is 5.73 Å². The molecule has 0 aliphatic rings. The van der Waals surface area contributed by atoms with Crippen LogP contribution in [0.4, 0.5) is 5.69 Å². The summed E-state index contributed by atoms with van der Waals surface area (Å²) in [5.74, 6) is 0.0812. The summed E-state index contributed by atoms with van der Waals surface area (Å²) >= 11 is 3.35. The van der Waals surface area contributed by atoms with E-state index < -0.39 is 0 Å². The third-order valence-corrected chi connectivity index (χ3v) is 3.29. The van der Waals surface area contributed by atoms with Crippen LogP contribution in [0.2, 0.25) is 0 Å². The molecule has 0 unspecified atom stereocenters. The highest BCUT2D eigenvalue weighted by Gasteiger charge is 2.10. The number of carbonyl (C=O) groups is 1. The van der Waals surface area contributed by atoms with Crippen LogP contribution in [0.15, 0.2) is 53.0 Å². The molecule has 2 aromatic carbocycles. The largest absolute Gasteiger partial charge is 0.398 e. The normalized spacial score (nSPS) is 10.3. The Balaban J connectivity index is 2.06. The van der Waals surface area contributed by atoms with Gasteiger partial charge in [-0.05, 0) is 30.2 Å². The van der Waals surface area contributed by atoms with Gasteiger partial charge in [-0.2, -0.15) is 0 Å². The molecule has 3 heteroatoms. The summed E-state index contributed by atoms with van der Waals surface area (Å²) in [7, 11) is 0. The van der Waals surface area contributed by atoms with E-state index in [0.717, 1.165) is 10.9 Å². The Labute approximate surface area is 115 Å². The molecule has 0 saturated carbocycles. The first-order chi connectivity index (χ1) is 8.66. The zero-order chi connectivity index (χ0) is 13.0. The lowest BCUT2D eigenvalue weighted by Crippen LogP contribution is -2.05. The van der Waals surface area contributed by atoms with Gasteiger partial charge in [-0.25, -0.2) is 0 Å². The van der Waals surface area contributed by atoms with Gasteiger partial charge in [-0.3, -0.25) is 4.79 Å². The molecule has 0 amide bonds. The summed E-state index contributed by atoms with van der Waals surface area (Å²) < 4.78 is 0.875. The maximum Gasteiger partial charge on any atom is 0.165 e. The SMILES string of the molecule is Nc1ccc(Br)cc1C(=O)CCc1ccccc1. The molecule has 0 aliphatic heterocycles. The Kier molecular flexibility index (Phi) is 4.15. The Morgan fingerprint density at radius 3 is 2.56 bits per heavy atom. The number of anilines is 1. The fourth-order valence-electron chi connectivity index (χ4n) is 1.81. The van der Waals surface area contributed by atoms with Crippen LogP contribution >= 0.6 is 15.9 Å². The van der Waals surface area contributed by atoms with E-state index in [1.165, 1.54) is 5.56 Å². The predicted molar refractivity (Wildman–Crippen MR) is 77.6 cm³/mol. The van der Waals surface area contributed by atoms with Crippen LogP contribution in [-0.2, 0) is 6.42 Å². The monoisotopic (exact) mass is 303 g/mol. The molecule has 2 aromatic rings. The van der Waals surface area contributed by atoms with E-state index in [9.17, 15) is 4.79 Å². The highest BCUT2D eigenvalue weighted by molar-refractivity contribution is 9.10. The van der Waals surface area contributed by atoms with Crippen molar-refractivity contribution < 1.29 is 4.79 Å². The van der Waals surface area contributed by atoms with Gasteiger partial charge in [0.15, 0.2) is 5.78 Å². The number of halogens is 1. The van der Waals surface area contributed by atoms with Crippen molar-refractivity contribution in [3.63, 3.8) is 0 Å². The molecular formula is C15H14BrNO. The summed E-state index contributed by atoms with van der Waals surface area (Å²) in [4.78, 5) is 12.1. The minimum absolute atomic E-state index is 0.0812. The number of ketones is 1. The van der Waals surface area contributed by atoms with Crippen molar-refractivity contribution >= 4 is 27.4 Å². The number of aryl methyl sites for hydroxylation is 1. The van der Waals surface area contributed by atoms with E-state index in [1.54, 1.807) is 12.1 Å². The van der Waals surface area contributed by atoms with Crippen LogP contribution in [0.1, 0.15) is 22.3 Å². The second-order valence-electron chi connectivity index (χ2n) is 4.14. The fraction of sp³-hybridized carbons (Fsp3) is 0.133. The summed E-state index contributed by atoms with van der Waals surface area (Å²) in [6, 6.07) is 15.3. The van der Waals surface area contributed by atoms with Crippen molar-refractivity contribution in [3.8, 4) is 0 Å².